The van der Waals surface area contributed by atoms with Crippen molar-refractivity contribution in [1.29, 1.82) is 0 Å². The van der Waals surface area contributed by atoms with Gasteiger partial charge in [-0.2, -0.15) is 0 Å². The van der Waals surface area contributed by atoms with Gasteiger partial charge in [-0.05, 0) is 60.7 Å². The molecule has 9 heteroatoms. The second kappa shape index (κ2) is 9.56. The van der Waals surface area contributed by atoms with Gasteiger partial charge in [-0.25, -0.2) is 14.4 Å². The molecule has 6 rings (SSSR count). The summed E-state index contributed by atoms with van der Waals surface area (Å²) >= 11 is 6.75. The summed E-state index contributed by atoms with van der Waals surface area (Å²) in [7, 11) is 5.39. The summed E-state index contributed by atoms with van der Waals surface area (Å²) in [5.74, 6) is 0.0697. The maximum absolute atomic E-state index is 13.6. The van der Waals surface area contributed by atoms with Crippen molar-refractivity contribution in [2.24, 2.45) is 0 Å². The van der Waals surface area contributed by atoms with Crippen LogP contribution in [0.5, 0.6) is 0 Å². The van der Waals surface area contributed by atoms with Gasteiger partial charge in [0, 0.05) is 71.8 Å². The van der Waals surface area contributed by atoms with Crippen LogP contribution in [0.4, 0.5) is 10.1 Å². The average Bonchev–Trinajstić information content (AvgIpc) is 3.54. The van der Waals surface area contributed by atoms with E-state index >= 15 is 0 Å². The van der Waals surface area contributed by atoms with Crippen LogP contribution in [0.1, 0.15) is 10.4 Å². The molecule has 6 aromatic rings. The lowest BCUT2D eigenvalue weighted by molar-refractivity contribution is 0.0964. The molecule has 1 amide bonds. The number of carbonyl (C=O) groups excluding carboxylic acids is 1. The van der Waals surface area contributed by atoms with Gasteiger partial charge in [0.2, 0.25) is 11.6 Å². The minimum absolute atomic E-state index is 0.324. The van der Waals surface area contributed by atoms with Crippen molar-refractivity contribution < 1.29 is 18.0 Å². The minimum atomic E-state index is -0.377. The number of fused-ring (bicyclic) bond motifs is 2. The summed E-state index contributed by atoms with van der Waals surface area (Å²) in [6.45, 7) is 0. The zero-order valence-electron chi connectivity index (χ0n) is 21.3. The second-order valence-electron chi connectivity index (χ2n) is 9.19. The predicted molar refractivity (Wildman–Crippen MR) is 151 cm³/mol. The molecule has 0 aliphatic heterocycles. The van der Waals surface area contributed by atoms with Crippen LogP contribution in [-0.2, 0) is 0 Å². The molecule has 3 aromatic heterocycles. The minimum Gasteiger partial charge on any atom is -0.455 e. The van der Waals surface area contributed by atoms with Crippen LogP contribution in [0.3, 0.4) is 0 Å². The first-order valence-corrected chi connectivity index (χ1v) is 12.5. The van der Waals surface area contributed by atoms with E-state index in [1.165, 1.54) is 12.1 Å². The molecule has 39 heavy (non-hydrogen) atoms. The number of anilines is 1. The highest BCUT2D eigenvalue weighted by Crippen LogP contribution is 2.43. The van der Waals surface area contributed by atoms with Gasteiger partial charge in [-0.15, -0.1) is 0 Å². The number of pyridine rings is 1. The molecule has 0 aliphatic rings. The third-order valence-electron chi connectivity index (χ3n) is 6.52. The van der Waals surface area contributed by atoms with Gasteiger partial charge in [0.1, 0.15) is 22.7 Å². The first kappa shape index (κ1) is 24.6. The molecule has 0 saturated carbocycles. The number of hydrogen-bond donors (Lipinski definition) is 1. The summed E-state index contributed by atoms with van der Waals surface area (Å²) in [6, 6.07) is 18.8. The SMILES string of the molecule is CNC(=O)c1c(-c2ccc(F)cc2)oc2cc(N(C)C)c(-c3cc(-c4nc5cccnc5o4)ccc3Cl)cc12. The Morgan fingerprint density at radius 3 is 2.46 bits per heavy atom. The summed E-state index contributed by atoms with van der Waals surface area (Å²) in [5, 5.41) is 3.81. The highest BCUT2D eigenvalue weighted by atomic mass is 35.5. The number of rotatable bonds is 5. The lowest BCUT2D eigenvalue weighted by Gasteiger charge is -2.19. The Balaban J connectivity index is 1.59. The molecule has 0 bridgehead atoms. The number of furan rings is 1. The average molecular weight is 541 g/mol. The van der Waals surface area contributed by atoms with Crippen molar-refractivity contribution in [2.45, 2.75) is 0 Å². The fraction of sp³-hybridized carbons (Fsp3) is 0.100. The van der Waals surface area contributed by atoms with Gasteiger partial charge < -0.3 is 19.1 Å². The Morgan fingerprint density at radius 2 is 1.74 bits per heavy atom. The van der Waals surface area contributed by atoms with Crippen LogP contribution in [0.25, 0.3) is 56.1 Å². The van der Waals surface area contributed by atoms with Gasteiger partial charge in [-0.3, -0.25) is 4.79 Å². The number of nitrogens with zero attached hydrogens (tertiary/aromatic N) is 3. The molecule has 7 nitrogen and oxygen atoms in total. The van der Waals surface area contributed by atoms with Crippen LogP contribution in [0.2, 0.25) is 5.02 Å². The molecular weight excluding hydrogens is 519 g/mol. The van der Waals surface area contributed by atoms with Crippen molar-refractivity contribution in [1.82, 2.24) is 15.3 Å². The van der Waals surface area contributed by atoms with Gasteiger partial charge in [-0.1, -0.05) is 11.6 Å². The predicted octanol–water partition coefficient (Wildman–Crippen LogP) is 7.19. The molecule has 0 fully saturated rings. The van der Waals surface area contributed by atoms with Gasteiger partial charge in [0.05, 0.1) is 5.56 Å². The quantitative estimate of drug-likeness (QED) is 0.249. The van der Waals surface area contributed by atoms with Gasteiger partial charge >= 0.3 is 0 Å². The highest BCUT2D eigenvalue weighted by Gasteiger charge is 2.25. The third kappa shape index (κ3) is 4.28. The van der Waals surface area contributed by atoms with E-state index in [0.29, 0.717) is 50.0 Å². The Kier molecular flexibility index (Phi) is 6.04. The topological polar surface area (TPSA) is 84.4 Å². The summed E-state index contributed by atoms with van der Waals surface area (Å²) in [5.41, 5.74) is 5.60. The van der Waals surface area contributed by atoms with E-state index in [2.05, 4.69) is 15.3 Å². The van der Waals surface area contributed by atoms with Crippen molar-refractivity contribution >= 4 is 45.4 Å². The molecule has 0 spiro atoms. The molecule has 0 unspecified atom stereocenters. The van der Waals surface area contributed by atoms with E-state index in [-0.39, 0.29) is 11.7 Å². The number of nitrogens with one attached hydrogen (secondary N) is 1. The van der Waals surface area contributed by atoms with Crippen LogP contribution >= 0.6 is 11.6 Å². The Hall–Kier alpha value is -4.69. The van der Waals surface area contributed by atoms with E-state index < -0.39 is 0 Å². The van der Waals surface area contributed by atoms with E-state index in [1.807, 2.05) is 49.3 Å². The molecule has 0 atom stereocenters. The third-order valence-corrected chi connectivity index (χ3v) is 6.85. The molecule has 0 saturated heterocycles. The molecule has 0 radical (unpaired) electrons. The number of aromatic nitrogens is 2. The fourth-order valence-corrected chi connectivity index (χ4v) is 4.85. The monoisotopic (exact) mass is 540 g/mol. The Bertz CT molecular complexity index is 1840. The van der Waals surface area contributed by atoms with Gasteiger partial charge in [0.25, 0.3) is 5.91 Å². The lowest BCUT2D eigenvalue weighted by Crippen LogP contribution is -2.18. The second-order valence-corrected chi connectivity index (χ2v) is 9.60. The van der Waals surface area contributed by atoms with E-state index in [4.69, 9.17) is 20.4 Å². The van der Waals surface area contributed by atoms with E-state index in [0.717, 1.165) is 22.4 Å². The van der Waals surface area contributed by atoms with Crippen LogP contribution in [0.15, 0.2) is 81.8 Å². The maximum Gasteiger partial charge on any atom is 0.255 e. The summed E-state index contributed by atoms with van der Waals surface area (Å²) in [6.07, 6.45) is 1.65. The van der Waals surface area contributed by atoms with Crippen LogP contribution in [0, 0.1) is 5.82 Å². The summed E-state index contributed by atoms with van der Waals surface area (Å²) < 4.78 is 25.7. The number of hydrogen-bond acceptors (Lipinski definition) is 6. The van der Waals surface area contributed by atoms with E-state index in [1.54, 1.807) is 37.5 Å². The van der Waals surface area contributed by atoms with Gasteiger partial charge in [0.15, 0.2) is 0 Å². The lowest BCUT2D eigenvalue weighted by atomic mass is 9.97. The van der Waals surface area contributed by atoms with Crippen molar-refractivity contribution in [3.8, 4) is 33.9 Å². The standard InChI is InChI=1S/C30H22ClFN4O3/c1-33-28(37)26-21-14-20(24(36(2)3)15-25(21)38-27(26)16-6-9-18(32)10-7-16)19-13-17(8-11-22(19)31)29-35-23-5-4-12-34-30(23)39-29/h4-15H,1-3H3,(H,33,37). The fourth-order valence-electron chi connectivity index (χ4n) is 4.63. The van der Waals surface area contributed by atoms with Crippen LogP contribution < -0.4 is 10.2 Å². The molecule has 1 N–H and O–H groups in total. The molecule has 194 valence electrons. The Labute approximate surface area is 227 Å². The zero-order chi connectivity index (χ0) is 27.3. The van der Waals surface area contributed by atoms with Crippen molar-refractivity contribution in [3.05, 3.63) is 89.3 Å². The van der Waals surface area contributed by atoms with Crippen molar-refractivity contribution in [2.75, 3.05) is 26.0 Å². The smallest absolute Gasteiger partial charge is 0.255 e. The molecule has 3 heterocycles. The number of carbonyl (C=O) groups is 1. The first-order chi connectivity index (χ1) is 18.8. The summed E-state index contributed by atoms with van der Waals surface area (Å²) in [4.78, 5) is 23.8. The normalized spacial score (nSPS) is 11.3. The van der Waals surface area contributed by atoms with Crippen molar-refractivity contribution in [3.63, 3.8) is 0 Å². The maximum atomic E-state index is 13.6. The number of oxazole rings is 1. The number of benzene rings is 3. The molecular formula is C30H22ClFN4O3. The molecule has 0 aliphatic carbocycles. The highest BCUT2D eigenvalue weighted by molar-refractivity contribution is 6.33. The largest absolute Gasteiger partial charge is 0.455 e. The number of amides is 1. The first-order valence-electron chi connectivity index (χ1n) is 12.1. The molecule has 3 aromatic carbocycles. The Morgan fingerprint density at radius 1 is 0.974 bits per heavy atom. The van der Waals surface area contributed by atoms with Crippen LogP contribution in [-0.4, -0.2) is 37.0 Å². The van der Waals surface area contributed by atoms with E-state index in [9.17, 15) is 9.18 Å². The number of halogens is 2. The zero-order valence-corrected chi connectivity index (χ0v) is 22.0.